The van der Waals surface area contributed by atoms with E-state index in [1.165, 1.54) is 12.3 Å². The minimum Gasteiger partial charge on any atom is -0.348 e. The van der Waals surface area contributed by atoms with Gasteiger partial charge in [-0.1, -0.05) is 6.92 Å². The molecule has 21 heavy (non-hydrogen) atoms. The largest absolute Gasteiger partial charge is 0.348 e. The molecule has 2 N–H and O–H groups in total. The van der Waals surface area contributed by atoms with Gasteiger partial charge < -0.3 is 15.2 Å². The third kappa shape index (κ3) is 4.04. The van der Waals surface area contributed by atoms with E-state index in [0.717, 1.165) is 38.8 Å². The first-order chi connectivity index (χ1) is 10.1. The van der Waals surface area contributed by atoms with Crippen LogP contribution in [0, 0.1) is 10.1 Å². The van der Waals surface area contributed by atoms with Crippen molar-refractivity contribution in [3.8, 4) is 0 Å². The van der Waals surface area contributed by atoms with E-state index in [1.54, 1.807) is 4.57 Å². The SMILES string of the molecule is CCCn1cc([N+](=O)[O-])cc1C(=O)NC1CCCNCC1. The highest BCUT2D eigenvalue weighted by Gasteiger charge is 2.21. The molecule has 1 atom stereocenters. The first kappa shape index (κ1) is 15.5. The molecule has 1 amide bonds. The van der Waals surface area contributed by atoms with Crippen LogP contribution in [0.5, 0.6) is 0 Å². The zero-order chi connectivity index (χ0) is 15.2. The molecule has 0 radical (unpaired) electrons. The molecule has 7 nitrogen and oxygen atoms in total. The predicted molar refractivity (Wildman–Crippen MR) is 79.4 cm³/mol. The fraction of sp³-hybridized carbons (Fsp3) is 0.643. The van der Waals surface area contributed by atoms with Crippen LogP contribution in [0.3, 0.4) is 0 Å². The molecule has 0 spiro atoms. The molecule has 7 heteroatoms. The zero-order valence-corrected chi connectivity index (χ0v) is 12.3. The van der Waals surface area contributed by atoms with Gasteiger partial charge in [0.1, 0.15) is 5.69 Å². The Morgan fingerprint density at radius 1 is 1.52 bits per heavy atom. The maximum Gasteiger partial charge on any atom is 0.287 e. The van der Waals surface area contributed by atoms with Crippen LogP contribution in [-0.2, 0) is 6.54 Å². The van der Waals surface area contributed by atoms with Crippen molar-refractivity contribution in [1.29, 1.82) is 0 Å². The Labute approximate surface area is 123 Å². The van der Waals surface area contributed by atoms with E-state index < -0.39 is 4.92 Å². The molecule has 0 saturated carbocycles. The summed E-state index contributed by atoms with van der Waals surface area (Å²) in [7, 11) is 0. The average molecular weight is 294 g/mol. The molecule has 1 saturated heterocycles. The summed E-state index contributed by atoms with van der Waals surface area (Å²) in [5.41, 5.74) is 0.344. The van der Waals surface area contributed by atoms with Gasteiger partial charge >= 0.3 is 0 Å². The lowest BCUT2D eigenvalue weighted by atomic mass is 10.1. The maximum atomic E-state index is 12.4. The van der Waals surface area contributed by atoms with Crippen LogP contribution in [-0.4, -0.2) is 34.5 Å². The summed E-state index contributed by atoms with van der Waals surface area (Å²) < 4.78 is 1.67. The molecule has 116 valence electrons. The Kier molecular flexibility index (Phi) is 5.32. The van der Waals surface area contributed by atoms with Crippen LogP contribution in [0.1, 0.15) is 43.1 Å². The summed E-state index contributed by atoms with van der Waals surface area (Å²) in [6.07, 6.45) is 5.12. The lowest BCUT2D eigenvalue weighted by Crippen LogP contribution is -2.36. The Morgan fingerprint density at radius 2 is 2.33 bits per heavy atom. The topological polar surface area (TPSA) is 89.2 Å². The number of carbonyl (C=O) groups is 1. The van der Waals surface area contributed by atoms with E-state index in [1.807, 2.05) is 6.92 Å². The van der Waals surface area contributed by atoms with Crippen molar-refractivity contribution in [3.05, 3.63) is 28.1 Å². The van der Waals surface area contributed by atoms with Gasteiger partial charge in [0.2, 0.25) is 0 Å². The smallest absolute Gasteiger partial charge is 0.287 e. The Morgan fingerprint density at radius 3 is 3.05 bits per heavy atom. The predicted octanol–water partition coefficient (Wildman–Crippen LogP) is 1.68. The summed E-state index contributed by atoms with van der Waals surface area (Å²) >= 11 is 0. The molecule has 0 aromatic carbocycles. The van der Waals surface area contributed by atoms with Gasteiger partial charge in [-0.15, -0.1) is 0 Å². The molecule has 0 bridgehead atoms. The quantitative estimate of drug-likeness (QED) is 0.638. The van der Waals surface area contributed by atoms with Crippen LogP contribution in [0.15, 0.2) is 12.3 Å². The van der Waals surface area contributed by atoms with Crippen LogP contribution in [0.4, 0.5) is 5.69 Å². The van der Waals surface area contributed by atoms with Gasteiger partial charge in [0, 0.05) is 18.7 Å². The molecule has 1 unspecified atom stereocenters. The van der Waals surface area contributed by atoms with E-state index in [4.69, 9.17) is 0 Å². The van der Waals surface area contributed by atoms with Crippen molar-refractivity contribution in [3.63, 3.8) is 0 Å². The van der Waals surface area contributed by atoms with Gasteiger partial charge in [-0.05, 0) is 38.8 Å². The van der Waals surface area contributed by atoms with Crippen molar-refractivity contribution in [2.24, 2.45) is 0 Å². The summed E-state index contributed by atoms with van der Waals surface area (Å²) in [6, 6.07) is 1.50. The van der Waals surface area contributed by atoms with Crippen LogP contribution >= 0.6 is 0 Å². The van der Waals surface area contributed by atoms with E-state index in [0.29, 0.717) is 12.2 Å². The second-order valence-corrected chi connectivity index (χ2v) is 5.39. The van der Waals surface area contributed by atoms with E-state index in [9.17, 15) is 14.9 Å². The van der Waals surface area contributed by atoms with Crippen molar-refractivity contribution in [1.82, 2.24) is 15.2 Å². The van der Waals surface area contributed by atoms with Crippen LogP contribution < -0.4 is 10.6 Å². The molecular formula is C14H22N4O3. The van der Waals surface area contributed by atoms with Gasteiger partial charge in [-0.2, -0.15) is 0 Å². The number of aromatic nitrogens is 1. The molecule has 1 aliphatic rings. The second-order valence-electron chi connectivity index (χ2n) is 5.39. The number of aryl methyl sites for hydroxylation is 1. The highest BCUT2D eigenvalue weighted by Crippen LogP contribution is 2.17. The summed E-state index contributed by atoms with van der Waals surface area (Å²) in [5, 5.41) is 17.2. The molecule has 1 aliphatic heterocycles. The standard InChI is InChI=1S/C14H22N4O3/c1-2-8-17-10-12(18(20)21)9-13(17)14(19)16-11-4-3-6-15-7-5-11/h9-11,15H,2-8H2,1H3,(H,16,19). The third-order valence-corrected chi connectivity index (χ3v) is 3.70. The highest BCUT2D eigenvalue weighted by molar-refractivity contribution is 5.93. The monoisotopic (exact) mass is 294 g/mol. The fourth-order valence-corrected chi connectivity index (χ4v) is 2.63. The number of nitro groups is 1. The van der Waals surface area contributed by atoms with Crippen LogP contribution in [0.2, 0.25) is 0 Å². The fourth-order valence-electron chi connectivity index (χ4n) is 2.63. The van der Waals surface area contributed by atoms with E-state index in [-0.39, 0.29) is 17.6 Å². The molecule has 1 aromatic rings. The first-order valence-corrected chi connectivity index (χ1v) is 7.48. The summed E-state index contributed by atoms with van der Waals surface area (Å²) in [4.78, 5) is 22.8. The number of carbonyl (C=O) groups excluding carboxylic acids is 1. The molecule has 2 heterocycles. The Bertz CT molecular complexity index is 504. The van der Waals surface area contributed by atoms with E-state index >= 15 is 0 Å². The number of nitrogens with one attached hydrogen (secondary N) is 2. The van der Waals surface area contributed by atoms with Crippen LogP contribution in [0.25, 0.3) is 0 Å². The van der Waals surface area contributed by atoms with Crippen molar-refractivity contribution in [2.75, 3.05) is 13.1 Å². The molecule has 2 rings (SSSR count). The van der Waals surface area contributed by atoms with Gasteiger partial charge in [0.05, 0.1) is 11.1 Å². The Balaban J connectivity index is 2.11. The number of hydrogen-bond donors (Lipinski definition) is 2. The van der Waals surface area contributed by atoms with Crippen molar-refractivity contribution >= 4 is 11.6 Å². The molecule has 1 fully saturated rings. The molecular weight excluding hydrogens is 272 g/mol. The highest BCUT2D eigenvalue weighted by atomic mass is 16.6. The second kappa shape index (κ2) is 7.21. The number of hydrogen-bond acceptors (Lipinski definition) is 4. The Hall–Kier alpha value is -1.89. The van der Waals surface area contributed by atoms with E-state index in [2.05, 4.69) is 10.6 Å². The third-order valence-electron chi connectivity index (χ3n) is 3.70. The number of nitrogens with zero attached hydrogens (tertiary/aromatic N) is 2. The number of rotatable bonds is 5. The van der Waals surface area contributed by atoms with Crippen molar-refractivity contribution in [2.45, 2.75) is 45.2 Å². The molecule has 1 aromatic heterocycles. The van der Waals surface area contributed by atoms with Gasteiger partial charge in [0.15, 0.2) is 0 Å². The first-order valence-electron chi connectivity index (χ1n) is 7.48. The maximum absolute atomic E-state index is 12.4. The summed E-state index contributed by atoms with van der Waals surface area (Å²) in [5.74, 6) is -0.219. The minimum absolute atomic E-state index is 0.0314. The number of amides is 1. The lowest BCUT2D eigenvalue weighted by molar-refractivity contribution is -0.384. The van der Waals surface area contributed by atoms with Gasteiger partial charge in [-0.25, -0.2) is 0 Å². The van der Waals surface area contributed by atoms with Crippen molar-refractivity contribution < 1.29 is 9.72 Å². The molecule has 0 aliphatic carbocycles. The average Bonchev–Trinajstić information content (AvgIpc) is 2.70. The van der Waals surface area contributed by atoms with Gasteiger partial charge in [0.25, 0.3) is 11.6 Å². The zero-order valence-electron chi connectivity index (χ0n) is 12.3. The normalized spacial score (nSPS) is 19.0. The lowest BCUT2D eigenvalue weighted by Gasteiger charge is -2.16. The minimum atomic E-state index is -0.460. The van der Waals surface area contributed by atoms with Gasteiger partial charge in [-0.3, -0.25) is 14.9 Å². The summed E-state index contributed by atoms with van der Waals surface area (Å²) in [6.45, 7) is 4.44.